The Kier molecular flexibility index (Phi) is 4.08. The number of amides is 2. The summed E-state index contributed by atoms with van der Waals surface area (Å²) in [4.78, 5) is 22.5. The summed E-state index contributed by atoms with van der Waals surface area (Å²) in [6.45, 7) is 1.58. The number of nitrogens with one attached hydrogen (secondary N) is 1. The van der Waals surface area contributed by atoms with Crippen LogP contribution in [0.4, 0.5) is 0 Å². The van der Waals surface area contributed by atoms with Crippen molar-refractivity contribution >= 4 is 11.8 Å². The fourth-order valence-corrected chi connectivity index (χ4v) is 1.88. The monoisotopic (exact) mass is 213 g/mol. The minimum atomic E-state index is -0.619. The van der Waals surface area contributed by atoms with Crippen LogP contribution in [0.25, 0.3) is 0 Å². The summed E-state index contributed by atoms with van der Waals surface area (Å²) in [5, 5.41) is 2.59. The molecule has 0 aromatic rings. The van der Waals surface area contributed by atoms with Crippen LogP contribution in [0, 0.1) is 5.92 Å². The molecule has 1 saturated carbocycles. The Balaban J connectivity index is 2.48. The highest BCUT2D eigenvalue weighted by Crippen LogP contribution is 2.22. The van der Waals surface area contributed by atoms with Gasteiger partial charge in [-0.15, -0.1) is 0 Å². The van der Waals surface area contributed by atoms with Gasteiger partial charge in [-0.25, -0.2) is 0 Å². The van der Waals surface area contributed by atoms with Crippen molar-refractivity contribution in [3.8, 4) is 0 Å². The Morgan fingerprint density at radius 3 is 2.47 bits per heavy atom. The van der Waals surface area contributed by atoms with Gasteiger partial charge in [-0.05, 0) is 19.8 Å². The first kappa shape index (κ1) is 12.0. The van der Waals surface area contributed by atoms with Crippen molar-refractivity contribution in [2.45, 2.75) is 44.7 Å². The van der Waals surface area contributed by atoms with E-state index in [-0.39, 0.29) is 17.9 Å². The zero-order chi connectivity index (χ0) is 11.4. The smallest absolute Gasteiger partial charge is 0.239 e. The third-order valence-electron chi connectivity index (χ3n) is 2.94. The van der Waals surface area contributed by atoms with Crippen LogP contribution in [0.3, 0.4) is 0 Å². The molecule has 2 amide bonds. The van der Waals surface area contributed by atoms with Crippen LogP contribution in [0.5, 0.6) is 0 Å². The van der Waals surface area contributed by atoms with Crippen LogP contribution >= 0.6 is 0 Å². The molecule has 3 unspecified atom stereocenters. The summed E-state index contributed by atoms with van der Waals surface area (Å²) < 4.78 is 0. The molecule has 0 saturated heterocycles. The second kappa shape index (κ2) is 5.11. The highest BCUT2D eigenvalue weighted by Gasteiger charge is 2.29. The molecule has 3 atom stereocenters. The fraction of sp³-hybridized carbons (Fsp3) is 0.800. The Labute approximate surface area is 89.6 Å². The van der Waals surface area contributed by atoms with E-state index in [4.69, 9.17) is 11.5 Å². The molecule has 15 heavy (non-hydrogen) atoms. The minimum absolute atomic E-state index is 0.0844. The van der Waals surface area contributed by atoms with Gasteiger partial charge in [0.1, 0.15) is 6.04 Å². The average Bonchev–Trinajstić information content (AvgIpc) is 2.18. The highest BCUT2D eigenvalue weighted by molar-refractivity contribution is 5.87. The summed E-state index contributed by atoms with van der Waals surface area (Å²) in [6, 6.07) is -0.703. The van der Waals surface area contributed by atoms with Gasteiger partial charge in [0.05, 0.1) is 5.92 Å². The largest absolute Gasteiger partial charge is 0.368 e. The van der Waals surface area contributed by atoms with Gasteiger partial charge in [-0.1, -0.05) is 12.8 Å². The Morgan fingerprint density at radius 2 is 1.93 bits per heavy atom. The lowest BCUT2D eigenvalue weighted by atomic mass is 9.84. The number of primary amides is 1. The Hall–Kier alpha value is -1.10. The number of rotatable bonds is 3. The van der Waals surface area contributed by atoms with Crippen molar-refractivity contribution in [3.63, 3.8) is 0 Å². The minimum Gasteiger partial charge on any atom is -0.368 e. The van der Waals surface area contributed by atoms with Crippen molar-refractivity contribution in [2.24, 2.45) is 17.4 Å². The van der Waals surface area contributed by atoms with Crippen LogP contribution in [-0.4, -0.2) is 23.9 Å². The van der Waals surface area contributed by atoms with Gasteiger partial charge in [-0.2, -0.15) is 0 Å². The summed E-state index contributed by atoms with van der Waals surface area (Å²) in [6.07, 6.45) is 3.79. The van der Waals surface area contributed by atoms with Crippen LogP contribution in [-0.2, 0) is 9.59 Å². The Morgan fingerprint density at radius 1 is 1.33 bits per heavy atom. The predicted octanol–water partition coefficient (Wildman–Crippen LogP) is -0.506. The topological polar surface area (TPSA) is 98.2 Å². The van der Waals surface area contributed by atoms with E-state index < -0.39 is 11.9 Å². The lowest BCUT2D eigenvalue weighted by Gasteiger charge is -2.28. The van der Waals surface area contributed by atoms with E-state index >= 15 is 0 Å². The summed E-state index contributed by atoms with van der Waals surface area (Å²) >= 11 is 0. The van der Waals surface area contributed by atoms with E-state index in [2.05, 4.69) is 5.32 Å². The van der Waals surface area contributed by atoms with Gasteiger partial charge in [0, 0.05) is 6.04 Å². The molecule has 1 aliphatic rings. The van der Waals surface area contributed by atoms with Crippen molar-refractivity contribution < 1.29 is 9.59 Å². The number of hydrogen-bond acceptors (Lipinski definition) is 3. The molecule has 5 nitrogen and oxygen atoms in total. The van der Waals surface area contributed by atoms with Crippen LogP contribution in [0.1, 0.15) is 32.6 Å². The molecule has 0 spiro atoms. The number of hydrogen-bond donors (Lipinski definition) is 3. The molecule has 5 N–H and O–H groups in total. The van der Waals surface area contributed by atoms with E-state index in [1.54, 1.807) is 6.92 Å². The highest BCUT2D eigenvalue weighted by atomic mass is 16.2. The molecule has 0 heterocycles. The number of nitrogens with two attached hydrogens (primary N) is 2. The maximum absolute atomic E-state index is 11.7. The normalized spacial score (nSPS) is 28.1. The number of carbonyl (C=O) groups is 2. The zero-order valence-electron chi connectivity index (χ0n) is 9.03. The molecule has 1 aliphatic carbocycles. The second-order valence-electron chi connectivity index (χ2n) is 4.19. The molecule has 1 fully saturated rings. The van der Waals surface area contributed by atoms with E-state index in [9.17, 15) is 9.59 Å². The van der Waals surface area contributed by atoms with Crippen LogP contribution in [0.2, 0.25) is 0 Å². The molecule has 5 heteroatoms. The standard InChI is InChI=1S/C10H19N3O2/c1-6(9(12)14)13-10(15)7-4-2-3-5-8(7)11/h6-8H,2-5,11H2,1H3,(H2,12,14)(H,13,15). The van der Waals surface area contributed by atoms with Gasteiger partial charge < -0.3 is 16.8 Å². The summed E-state index contributed by atoms with van der Waals surface area (Å²) in [5.41, 5.74) is 10.9. The maximum Gasteiger partial charge on any atom is 0.239 e. The first-order chi connectivity index (χ1) is 7.02. The molecule has 0 aliphatic heterocycles. The number of carbonyl (C=O) groups excluding carboxylic acids is 2. The van der Waals surface area contributed by atoms with Gasteiger partial charge in [-0.3, -0.25) is 9.59 Å². The quantitative estimate of drug-likeness (QED) is 0.589. The molecule has 0 bridgehead atoms. The third kappa shape index (κ3) is 3.20. The van der Waals surface area contributed by atoms with Gasteiger partial charge in [0.25, 0.3) is 0 Å². The average molecular weight is 213 g/mol. The lowest BCUT2D eigenvalue weighted by Crippen LogP contribution is -2.49. The van der Waals surface area contributed by atoms with E-state index in [0.717, 1.165) is 25.7 Å². The summed E-state index contributed by atoms with van der Waals surface area (Å²) in [7, 11) is 0. The fourth-order valence-electron chi connectivity index (χ4n) is 1.88. The predicted molar refractivity (Wildman–Crippen MR) is 56.7 cm³/mol. The van der Waals surface area contributed by atoms with Crippen molar-refractivity contribution in [2.75, 3.05) is 0 Å². The molecule has 0 radical (unpaired) electrons. The van der Waals surface area contributed by atoms with Crippen molar-refractivity contribution in [1.82, 2.24) is 5.32 Å². The van der Waals surface area contributed by atoms with E-state index in [1.165, 1.54) is 0 Å². The van der Waals surface area contributed by atoms with Gasteiger partial charge >= 0.3 is 0 Å². The van der Waals surface area contributed by atoms with Crippen molar-refractivity contribution in [3.05, 3.63) is 0 Å². The van der Waals surface area contributed by atoms with Crippen molar-refractivity contribution in [1.29, 1.82) is 0 Å². The molecule has 86 valence electrons. The maximum atomic E-state index is 11.7. The third-order valence-corrected chi connectivity index (χ3v) is 2.94. The summed E-state index contributed by atoms with van der Waals surface area (Å²) in [5.74, 6) is -0.832. The molecule has 0 aromatic heterocycles. The second-order valence-corrected chi connectivity index (χ2v) is 4.19. The van der Waals surface area contributed by atoms with Gasteiger partial charge in [0.15, 0.2) is 0 Å². The van der Waals surface area contributed by atoms with E-state index in [0.29, 0.717) is 0 Å². The van der Waals surface area contributed by atoms with Crippen LogP contribution < -0.4 is 16.8 Å². The molecule has 1 rings (SSSR count). The molecule has 0 aromatic carbocycles. The SMILES string of the molecule is CC(NC(=O)C1CCCCC1N)C(N)=O. The van der Waals surface area contributed by atoms with Crippen LogP contribution in [0.15, 0.2) is 0 Å². The van der Waals surface area contributed by atoms with Gasteiger partial charge in [0.2, 0.25) is 11.8 Å². The zero-order valence-corrected chi connectivity index (χ0v) is 9.03. The first-order valence-corrected chi connectivity index (χ1v) is 5.37. The lowest BCUT2D eigenvalue weighted by molar-refractivity contribution is -0.130. The Bertz CT molecular complexity index is 255. The molecular formula is C10H19N3O2. The molecular weight excluding hydrogens is 194 g/mol. The van der Waals surface area contributed by atoms with E-state index in [1.807, 2.05) is 0 Å². The first-order valence-electron chi connectivity index (χ1n) is 5.37.